The van der Waals surface area contributed by atoms with Crippen LogP contribution < -0.4 is 20.3 Å². The van der Waals surface area contributed by atoms with E-state index >= 15 is 0 Å². The smallest absolute Gasteiger partial charge is 0.495 e. The molecule has 10 heteroatoms. The molecule has 6 rings (SSSR count). The van der Waals surface area contributed by atoms with Crippen LogP contribution in [0.4, 0.5) is 5.82 Å². The summed E-state index contributed by atoms with van der Waals surface area (Å²) in [5.74, 6) is 2.21. The second kappa shape index (κ2) is 13.8. The van der Waals surface area contributed by atoms with Gasteiger partial charge in [-0.25, -0.2) is 0 Å². The van der Waals surface area contributed by atoms with Gasteiger partial charge in [-0.1, -0.05) is 24.3 Å². The number of rotatable bonds is 11. The van der Waals surface area contributed by atoms with Crippen molar-refractivity contribution in [2.24, 2.45) is 0 Å². The van der Waals surface area contributed by atoms with Gasteiger partial charge in [0, 0.05) is 35.6 Å². The molecule has 0 aliphatic carbocycles. The van der Waals surface area contributed by atoms with E-state index in [4.69, 9.17) is 28.3 Å². The summed E-state index contributed by atoms with van der Waals surface area (Å²) in [5, 5.41) is 14.5. The van der Waals surface area contributed by atoms with Crippen molar-refractivity contribution in [2.75, 3.05) is 32.8 Å². The number of benzene rings is 3. The highest BCUT2D eigenvalue weighted by Gasteiger charge is 2.52. The molecule has 0 amide bonds. The molecule has 3 aromatic carbocycles. The molecule has 1 atom stereocenters. The minimum atomic E-state index is -0.486. The van der Waals surface area contributed by atoms with E-state index in [1.54, 1.807) is 14.2 Å². The van der Waals surface area contributed by atoms with E-state index in [0.29, 0.717) is 19.0 Å². The third kappa shape index (κ3) is 7.11. The molecule has 2 aliphatic rings. The summed E-state index contributed by atoms with van der Waals surface area (Å²) in [7, 11) is 2.82. The fourth-order valence-electron chi connectivity index (χ4n) is 6.10. The second-order valence-electron chi connectivity index (χ2n) is 13.3. The number of fused-ring (bicyclic) bond motifs is 1. The van der Waals surface area contributed by atoms with E-state index in [1.165, 1.54) is 0 Å². The van der Waals surface area contributed by atoms with Crippen LogP contribution >= 0.6 is 0 Å². The minimum Gasteiger partial charge on any atom is -0.497 e. The van der Waals surface area contributed by atoms with Crippen molar-refractivity contribution in [3.63, 3.8) is 0 Å². The Morgan fingerprint density at radius 2 is 1.60 bits per heavy atom. The molecule has 0 bridgehead atoms. The molecule has 1 aromatic heterocycles. The number of ether oxygens (including phenoxy) is 4. The lowest BCUT2D eigenvalue weighted by Crippen LogP contribution is -2.41. The number of methoxy groups -OCH3 is 2. The monoisotopic (exact) mass is 639 g/mol. The number of hydrogen-bond acceptors (Lipinski definition) is 9. The van der Waals surface area contributed by atoms with Gasteiger partial charge in [-0.2, -0.15) is 5.10 Å². The van der Waals surface area contributed by atoms with Crippen LogP contribution in [0.15, 0.2) is 54.6 Å². The first-order chi connectivity index (χ1) is 22.6. The van der Waals surface area contributed by atoms with Crippen LogP contribution in [0.5, 0.6) is 11.5 Å². The van der Waals surface area contributed by atoms with Crippen LogP contribution in [0.2, 0.25) is 0 Å². The largest absolute Gasteiger partial charge is 0.497 e. The fraction of sp³-hybridized carbons (Fsp3) is 0.459. The van der Waals surface area contributed by atoms with E-state index < -0.39 is 18.3 Å². The number of aromatic nitrogens is 2. The summed E-state index contributed by atoms with van der Waals surface area (Å²) in [6, 6.07) is 18.8. The highest BCUT2D eigenvalue weighted by atomic mass is 16.7. The maximum Gasteiger partial charge on any atom is 0.495 e. The van der Waals surface area contributed by atoms with Crippen molar-refractivity contribution in [1.29, 1.82) is 0 Å². The summed E-state index contributed by atoms with van der Waals surface area (Å²) in [6.45, 7) is 12.2. The zero-order valence-corrected chi connectivity index (χ0v) is 28.6. The van der Waals surface area contributed by atoms with Crippen LogP contribution in [0, 0.1) is 6.92 Å². The molecule has 2 fully saturated rings. The summed E-state index contributed by atoms with van der Waals surface area (Å²) < 4.78 is 35.9. The second-order valence-corrected chi connectivity index (χ2v) is 13.3. The van der Waals surface area contributed by atoms with Gasteiger partial charge in [0.2, 0.25) is 0 Å². The van der Waals surface area contributed by atoms with Crippen LogP contribution in [-0.2, 0) is 31.7 Å². The highest BCUT2D eigenvalue weighted by molar-refractivity contribution is 6.62. The molecule has 2 saturated heterocycles. The molecular weight excluding hydrogens is 593 g/mol. The Balaban J connectivity index is 1.28. The van der Waals surface area contributed by atoms with Crippen LogP contribution in [0.3, 0.4) is 0 Å². The Morgan fingerprint density at radius 3 is 2.32 bits per heavy atom. The molecule has 47 heavy (non-hydrogen) atoms. The SMILES string of the molecule is COc1ccc(CNc2nnc(C)c3cc(-c4ccc(CCOC5CCCCO5)c(B5OC(C)(C)C(C)(C)O5)c4)ccc23)c(OC)c1. The lowest BCUT2D eigenvalue weighted by atomic mass is 9.74. The van der Waals surface area contributed by atoms with Gasteiger partial charge in [-0.15, -0.1) is 5.10 Å². The molecule has 1 N–H and O–H groups in total. The molecular formula is C37H46BN3O6. The highest BCUT2D eigenvalue weighted by Crippen LogP contribution is 2.37. The number of anilines is 1. The topological polar surface area (TPSA) is 93.2 Å². The summed E-state index contributed by atoms with van der Waals surface area (Å²) in [4.78, 5) is 0. The van der Waals surface area contributed by atoms with Crippen molar-refractivity contribution in [3.8, 4) is 22.6 Å². The van der Waals surface area contributed by atoms with Gasteiger partial charge in [0.1, 0.15) is 11.5 Å². The molecule has 0 spiro atoms. The van der Waals surface area contributed by atoms with Crippen molar-refractivity contribution < 1.29 is 28.3 Å². The van der Waals surface area contributed by atoms with Gasteiger partial charge in [0.05, 0.1) is 37.7 Å². The fourth-order valence-corrected chi connectivity index (χ4v) is 6.10. The third-order valence-corrected chi connectivity index (χ3v) is 9.70. The van der Waals surface area contributed by atoms with Gasteiger partial charge in [-0.05, 0) is 107 Å². The Hall–Kier alpha value is -3.70. The number of hydrogen-bond donors (Lipinski definition) is 1. The molecule has 2 aliphatic heterocycles. The van der Waals surface area contributed by atoms with E-state index in [0.717, 1.165) is 88.0 Å². The minimum absolute atomic E-state index is 0.120. The lowest BCUT2D eigenvalue weighted by molar-refractivity contribution is -0.161. The Labute approximate surface area is 278 Å². The number of nitrogens with zero attached hydrogens (tertiary/aromatic N) is 2. The van der Waals surface area contributed by atoms with E-state index in [2.05, 4.69) is 79.6 Å². The lowest BCUT2D eigenvalue weighted by Gasteiger charge is -2.32. The maximum atomic E-state index is 6.55. The quantitative estimate of drug-likeness (QED) is 0.182. The van der Waals surface area contributed by atoms with Crippen LogP contribution in [-0.4, -0.2) is 62.2 Å². The number of nitrogens with one attached hydrogen (secondary N) is 1. The van der Waals surface area contributed by atoms with Gasteiger partial charge in [-0.3, -0.25) is 0 Å². The van der Waals surface area contributed by atoms with Gasteiger partial charge in [0.25, 0.3) is 0 Å². The summed E-state index contributed by atoms with van der Waals surface area (Å²) >= 11 is 0. The van der Waals surface area contributed by atoms with Crippen molar-refractivity contribution in [2.45, 2.75) is 84.3 Å². The number of aryl methyl sites for hydroxylation is 1. The zero-order valence-electron chi connectivity index (χ0n) is 28.6. The van der Waals surface area contributed by atoms with Crippen molar-refractivity contribution in [3.05, 3.63) is 71.4 Å². The Morgan fingerprint density at radius 1 is 0.851 bits per heavy atom. The molecule has 0 saturated carbocycles. The molecule has 4 aromatic rings. The van der Waals surface area contributed by atoms with Crippen LogP contribution in [0.1, 0.15) is 63.8 Å². The van der Waals surface area contributed by atoms with Gasteiger partial charge >= 0.3 is 7.12 Å². The first kappa shape index (κ1) is 33.2. The first-order valence-electron chi connectivity index (χ1n) is 16.5. The molecule has 0 radical (unpaired) electrons. The van der Waals surface area contributed by atoms with Gasteiger partial charge < -0.3 is 33.6 Å². The standard InChI is InChI=1S/C37H46BN3O6/c1-24-31-20-26(14-16-30(31)35(41-40-24)39-23-28-13-15-29(42-6)22-33(28)43-7)27-12-11-25(17-19-45-34-10-8-9-18-44-34)32(21-27)38-46-36(2,3)37(4,5)47-38/h11-16,20-22,34H,8-10,17-19,23H2,1-7H3,(H,39,41). The maximum absolute atomic E-state index is 6.55. The molecule has 9 nitrogen and oxygen atoms in total. The predicted octanol–water partition coefficient (Wildman–Crippen LogP) is 6.62. The average molecular weight is 640 g/mol. The summed E-state index contributed by atoms with van der Waals surface area (Å²) in [5.41, 5.74) is 5.27. The van der Waals surface area contributed by atoms with E-state index in [-0.39, 0.29) is 6.29 Å². The van der Waals surface area contributed by atoms with E-state index in [1.807, 2.05) is 25.1 Å². The first-order valence-corrected chi connectivity index (χ1v) is 16.5. The van der Waals surface area contributed by atoms with Crippen molar-refractivity contribution >= 4 is 29.2 Å². The molecule has 3 heterocycles. The molecule has 248 valence electrons. The normalized spacial score (nSPS) is 18.8. The Bertz CT molecular complexity index is 1710. The Kier molecular flexibility index (Phi) is 9.76. The molecule has 1 unspecified atom stereocenters. The van der Waals surface area contributed by atoms with Crippen LogP contribution in [0.25, 0.3) is 21.9 Å². The van der Waals surface area contributed by atoms with Gasteiger partial charge in [0.15, 0.2) is 12.1 Å². The van der Waals surface area contributed by atoms with Crippen molar-refractivity contribution in [1.82, 2.24) is 10.2 Å². The third-order valence-electron chi connectivity index (χ3n) is 9.70. The predicted molar refractivity (Wildman–Crippen MR) is 186 cm³/mol. The average Bonchev–Trinajstić information content (AvgIpc) is 3.30. The van der Waals surface area contributed by atoms with E-state index in [9.17, 15) is 0 Å². The zero-order chi connectivity index (χ0) is 33.2. The summed E-state index contributed by atoms with van der Waals surface area (Å²) in [6.07, 6.45) is 3.81.